The second kappa shape index (κ2) is 12.4. The quantitative estimate of drug-likeness (QED) is 0.181. The summed E-state index contributed by atoms with van der Waals surface area (Å²) in [7, 11) is 1.52. The normalized spacial score (nSPS) is 36.6. The fraction of sp³-hybridized carbons (Fsp3) is 0.711. The Morgan fingerprint density at radius 3 is 2.52 bits per heavy atom. The van der Waals surface area contributed by atoms with Gasteiger partial charge in [0.25, 0.3) is 0 Å². The Morgan fingerprint density at radius 1 is 1.05 bits per heavy atom. The highest BCUT2D eigenvalue weighted by Gasteiger charge is 2.60. The number of carbonyl (C=O) groups excluding carboxylic acids is 1. The van der Waals surface area contributed by atoms with E-state index in [4.69, 9.17) is 9.47 Å². The van der Waals surface area contributed by atoms with E-state index in [1.165, 1.54) is 76.5 Å². The summed E-state index contributed by atoms with van der Waals surface area (Å²) in [6.45, 7) is 16.7. The molecule has 1 aromatic carbocycles. The number of esters is 1. The number of fused-ring (bicyclic) bond motifs is 5. The number of methoxy groups -OCH3 is 1. The first-order valence-corrected chi connectivity index (χ1v) is 16.9. The van der Waals surface area contributed by atoms with Crippen LogP contribution in [-0.2, 0) is 9.53 Å². The second-order valence-corrected chi connectivity index (χ2v) is 15.3. The SMILES string of the molecule is C=C(CC[C@@H](C)[C@H]1CCC2C3CC[C@H]4C[C@@H](OC(=O)/C=C/c5ccc(O)c(OC)c5)CC[C@]4(C)C3CC[C@@]21C)C(C)C. The Hall–Kier alpha value is -2.23. The average Bonchev–Trinajstić information content (AvgIpc) is 3.32. The number of phenols is 1. The van der Waals surface area contributed by atoms with Crippen molar-refractivity contribution in [3.8, 4) is 11.5 Å². The summed E-state index contributed by atoms with van der Waals surface area (Å²) in [5.41, 5.74) is 3.10. The van der Waals surface area contributed by atoms with Gasteiger partial charge in [-0.1, -0.05) is 52.8 Å². The summed E-state index contributed by atoms with van der Waals surface area (Å²) in [6, 6.07) is 5.06. The summed E-state index contributed by atoms with van der Waals surface area (Å²) in [4.78, 5) is 12.7. The Morgan fingerprint density at radius 2 is 1.79 bits per heavy atom. The monoisotopic (exact) mass is 576 g/mol. The first-order valence-electron chi connectivity index (χ1n) is 16.9. The van der Waals surface area contributed by atoms with E-state index in [1.54, 1.807) is 24.3 Å². The maximum atomic E-state index is 12.7. The van der Waals surface area contributed by atoms with Crippen LogP contribution in [0.2, 0.25) is 0 Å². The van der Waals surface area contributed by atoms with E-state index >= 15 is 0 Å². The fourth-order valence-corrected chi connectivity index (χ4v) is 10.4. The zero-order valence-corrected chi connectivity index (χ0v) is 27.2. The fourth-order valence-electron chi connectivity index (χ4n) is 10.4. The zero-order chi connectivity index (χ0) is 30.2. The molecule has 4 aliphatic carbocycles. The number of benzene rings is 1. The molecule has 5 rings (SSSR count). The molecule has 0 spiro atoms. The lowest BCUT2D eigenvalue weighted by molar-refractivity contribution is -0.157. The van der Waals surface area contributed by atoms with Crippen molar-refractivity contribution in [1.82, 2.24) is 0 Å². The van der Waals surface area contributed by atoms with E-state index in [0.717, 1.165) is 48.0 Å². The van der Waals surface area contributed by atoms with Gasteiger partial charge in [-0.25, -0.2) is 4.79 Å². The molecule has 4 fully saturated rings. The molecule has 232 valence electrons. The van der Waals surface area contributed by atoms with Crippen molar-refractivity contribution in [2.45, 2.75) is 111 Å². The molecular formula is C38H56O4. The molecule has 4 saturated carbocycles. The van der Waals surface area contributed by atoms with Crippen LogP contribution in [0.5, 0.6) is 11.5 Å². The maximum Gasteiger partial charge on any atom is 0.331 e. The van der Waals surface area contributed by atoms with Gasteiger partial charge in [0.1, 0.15) is 6.10 Å². The lowest BCUT2D eigenvalue weighted by atomic mass is 9.44. The molecule has 0 amide bonds. The van der Waals surface area contributed by atoms with Gasteiger partial charge in [0, 0.05) is 6.08 Å². The molecule has 0 bridgehead atoms. The second-order valence-electron chi connectivity index (χ2n) is 15.3. The smallest absolute Gasteiger partial charge is 0.331 e. The van der Waals surface area contributed by atoms with Crippen molar-refractivity contribution in [2.24, 2.45) is 52.3 Å². The van der Waals surface area contributed by atoms with Gasteiger partial charge in [-0.15, -0.1) is 0 Å². The minimum atomic E-state index is -0.277. The number of phenolic OH excluding ortho intramolecular Hbond substituents is 1. The summed E-state index contributed by atoms with van der Waals surface area (Å²) >= 11 is 0. The predicted molar refractivity (Wildman–Crippen MR) is 171 cm³/mol. The minimum absolute atomic E-state index is 0.0114. The molecule has 0 aliphatic heterocycles. The number of hydrogen-bond donors (Lipinski definition) is 1. The van der Waals surface area contributed by atoms with Crippen molar-refractivity contribution < 1.29 is 19.4 Å². The summed E-state index contributed by atoms with van der Waals surface area (Å²) in [5.74, 6) is 5.68. The first-order chi connectivity index (χ1) is 20.0. The van der Waals surface area contributed by atoms with E-state index in [2.05, 4.69) is 41.2 Å². The Kier molecular flexibility index (Phi) is 9.22. The van der Waals surface area contributed by atoms with Crippen LogP contribution < -0.4 is 4.74 Å². The number of aromatic hydroxyl groups is 1. The van der Waals surface area contributed by atoms with E-state index in [-0.39, 0.29) is 17.8 Å². The van der Waals surface area contributed by atoms with E-state index in [9.17, 15) is 9.90 Å². The topological polar surface area (TPSA) is 55.8 Å². The highest BCUT2D eigenvalue weighted by Crippen LogP contribution is 2.68. The predicted octanol–water partition coefficient (Wildman–Crippen LogP) is 9.61. The van der Waals surface area contributed by atoms with Crippen LogP contribution in [0.4, 0.5) is 0 Å². The van der Waals surface area contributed by atoms with Crippen molar-refractivity contribution in [3.05, 3.63) is 42.0 Å². The molecule has 0 aromatic heterocycles. The Labute approximate surface area is 255 Å². The van der Waals surface area contributed by atoms with Gasteiger partial charge < -0.3 is 14.6 Å². The van der Waals surface area contributed by atoms with Gasteiger partial charge in [0.05, 0.1) is 7.11 Å². The molecular weight excluding hydrogens is 520 g/mol. The largest absolute Gasteiger partial charge is 0.504 e. The summed E-state index contributed by atoms with van der Waals surface area (Å²) in [5, 5.41) is 9.82. The molecule has 3 unspecified atom stereocenters. The molecule has 42 heavy (non-hydrogen) atoms. The standard InChI is InChI=1S/C38H56O4/c1-24(2)25(3)8-9-26(4)31-14-15-32-30-13-12-28-23-29(18-20-37(28,5)33(30)19-21-38(31,32)6)42-36(40)17-11-27-10-16-34(39)35(22-27)41-7/h10-11,16-17,22,24,26,28-33,39H,3,8-9,12-15,18-21,23H2,1-2,4-7H3/b17-11+/t26-,28+,29+,30?,31-,32?,33?,37+,38-/m1/s1. The van der Waals surface area contributed by atoms with E-state index in [0.29, 0.717) is 28.4 Å². The maximum absolute atomic E-state index is 12.7. The molecule has 4 heteroatoms. The average molecular weight is 577 g/mol. The van der Waals surface area contributed by atoms with Crippen molar-refractivity contribution in [3.63, 3.8) is 0 Å². The number of carbonyl (C=O) groups is 1. The van der Waals surface area contributed by atoms with E-state index in [1.807, 2.05) is 0 Å². The molecule has 1 N–H and O–H groups in total. The summed E-state index contributed by atoms with van der Waals surface area (Å²) in [6.07, 6.45) is 17.2. The van der Waals surface area contributed by atoms with Gasteiger partial charge in [0.15, 0.2) is 11.5 Å². The van der Waals surface area contributed by atoms with Crippen molar-refractivity contribution >= 4 is 12.0 Å². The third kappa shape index (κ3) is 5.93. The Bertz CT molecular complexity index is 1170. The molecule has 4 nitrogen and oxygen atoms in total. The van der Waals surface area contributed by atoms with Gasteiger partial charge in [-0.05, 0) is 147 Å². The summed E-state index contributed by atoms with van der Waals surface area (Å²) < 4.78 is 11.2. The number of allylic oxidation sites excluding steroid dienone is 1. The molecule has 1 aromatic rings. The highest BCUT2D eigenvalue weighted by molar-refractivity contribution is 5.87. The molecule has 0 radical (unpaired) electrons. The molecule has 4 aliphatic rings. The minimum Gasteiger partial charge on any atom is -0.504 e. The Balaban J connectivity index is 1.18. The van der Waals surface area contributed by atoms with Crippen molar-refractivity contribution in [1.29, 1.82) is 0 Å². The van der Waals surface area contributed by atoms with Crippen molar-refractivity contribution in [2.75, 3.05) is 7.11 Å². The zero-order valence-electron chi connectivity index (χ0n) is 27.2. The van der Waals surface area contributed by atoms with Crippen LogP contribution in [0.15, 0.2) is 36.4 Å². The molecule has 9 atom stereocenters. The number of rotatable bonds is 9. The van der Waals surface area contributed by atoms with Crippen LogP contribution in [0.1, 0.15) is 111 Å². The van der Waals surface area contributed by atoms with Gasteiger partial charge >= 0.3 is 5.97 Å². The van der Waals surface area contributed by atoms with Crippen LogP contribution >= 0.6 is 0 Å². The van der Waals surface area contributed by atoms with E-state index < -0.39 is 0 Å². The van der Waals surface area contributed by atoms with Gasteiger partial charge in [-0.3, -0.25) is 0 Å². The third-order valence-corrected chi connectivity index (χ3v) is 13.0. The highest BCUT2D eigenvalue weighted by atomic mass is 16.5. The van der Waals surface area contributed by atoms with Crippen LogP contribution in [0.25, 0.3) is 6.08 Å². The lowest BCUT2D eigenvalue weighted by Gasteiger charge is -2.61. The van der Waals surface area contributed by atoms with Gasteiger partial charge in [-0.2, -0.15) is 0 Å². The first kappa shape index (κ1) is 31.2. The lowest BCUT2D eigenvalue weighted by Crippen LogP contribution is -2.54. The number of ether oxygens (including phenoxy) is 2. The van der Waals surface area contributed by atoms with Crippen LogP contribution in [-0.4, -0.2) is 24.3 Å². The van der Waals surface area contributed by atoms with Gasteiger partial charge in [0.2, 0.25) is 0 Å². The van der Waals surface area contributed by atoms with Crippen LogP contribution in [0.3, 0.4) is 0 Å². The third-order valence-electron chi connectivity index (χ3n) is 13.0. The molecule has 0 saturated heterocycles. The number of hydrogen-bond acceptors (Lipinski definition) is 4. The molecule has 0 heterocycles. The van der Waals surface area contributed by atoms with Crippen LogP contribution in [0, 0.1) is 52.3 Å².